The van der Waals surface area contributed by atoms with Gasteiger partial charge in [-0.3, -0.25) is 9.59 Å². The number of hydrogen-bond donors (Lipinski definition) is 3. The molecule has 20 aliphatic heterocycles. The number of carbonyl (C=O) groups is 2. The number of halogens is 5. The van der Waals surface area contributed by atoms with Crippen LogP contribution in [0.2, 0.25) is 0 Å². The van der Waals surface area contributed by atoms with Gasteiger partial charge in [-0.25, -0.2) is 0 Å². The van der Waals surface area contributed by atoms with Crippen molar-refractivity contribution in [3.63, 3.8) is 0 Å². The van der Waals surface area contributed by atoms with Gasteiger partial charge in [0.2, 0.25) is 0 Å². The second-order valence-corrected chi connectivity index (χ2v) is 37.1. The van der Waals surface area contributed by atoms with E-state index in [-0.39, 0.29) is 215 Å². The third-order valence-electron chi connectivity index (χ3n) is 28.5. The molecule has 20 saturated heterocycles. The van der Waals surface area contributed by atoms with Crippen molar-refractivity contribution in [2.45, 2.75) is 398 Å². The predicted molar refractivity (Wildman–Crippen MR) is 401 cm³/mol. The summed E-state index contributed by atoms with van der Waals surface area (Å²) >= 11 is 2.03. The number of alkyl halides is 5. The number of aliphatic hydroxyl groups excluding tert-OH is 3. The third kappa shape index (κ3) is 17.3. The van der Waals surface area contributed by atoms with Crippen LogP contribution in [0.15, 0.2) is 73.9 Å². The lowest BCUT2D eigenvalue weighted by atomic mass is 9.81. The number of Topliss-reactive ketones (excluding diaryl/α,β-unsaturated/α-hetero) is 2. The van der Waals surface area contributed by atoms with Crippen LogP contribution >= 0.6 is 15.9 Å². The molecule has 113 heavy (non-hydrogen) atoms. The van der Waals surface area contributed by atoms with Gasteiger partial charge in [0.25, 0.3) is 5.92 Å². The zero-order chi connectivity index (χ0) is 79.5. The summed E-state index contributed by atoms with van der Waals surface area (Å²) in [7, 11) is 3.12. The molecule has 3 N–H and O–H groups in total. The van der Waals surface area contributed by atoms with Crippen LogP contribution in [0.1, 0.15) is 181 Å². The van der Waals surface area contributed by atoms with E-state index < -0.39 is 83.2 Å². The Morgan fingerprint density at radius 1 is 0.460 bits per heavy atom. The molecule has 28 heteroatoms. The van der Waals surface area contributed by atoms with Crippen LogP contribution in [-0.2, 0) is 94.9 Å². The van der Waals surface area contributed by atoms with Gasteiger partial charge in [0.1, 0.15) is 78.7 Å². The molecule has 0 amide bonds. The number of methoxy groups -OCH3 is 2. The second-order valence-electron chi connectivity index (χ2n) is 36.1. The van der Waals surface area contributed by atoms with Crippen molar-refractivity contribution >= 4 is 27.5 Å². The number of allylic oxidation sites excluding steroid dienone is 1. The van der Waals surface area contributed by atoms with Crippen LogP contribution in [0.3, 0.4) is 0 Å². The molecule has 632 valence electrons. The Balaban J connectivity index is 0.000000159. The number of aliphatic hydroxyl groups is 3. The summed E-state index contributed by atoms with van der Waals surface area (Å²) in [6.07, 6.45) is 4.82. The number of rotatable bonds is 10. The highest BCUT2D eigenvalue weighted by molar-refractivity contribution is 9.10. The van der Waals surface area contributed by atoms with Crippen molar-refractivity contribution in [1.29, 1.82) is 0 Å². The number of hydrogen-bond acceptors (Lipinski definition) is 23. The lowest BCUT2D eigenvalue weighted by Gasteiger charge is -2.47. The molecule has 38 unspecified atom stereocenters. The van der Waals surface area contributed by atoms with Crippen molar-refractivity contribution in [3.8, 4) is 0 Å². The van der Waals surface area contributed by atoms with Crippen molar-refractivity contribution in [3.05, 3.63) is 73.9 Å². The summed E-state index contributed by atoms with van der Waals surface area (Å²) < 4.78 is 171. The highest BCUT2D eigenvalue weighted by Gasteiger charge is 2.71. The minimum absolute atomic E-state index is 0.00153. The van der Waals surface area contributed by atoms with Crippen LogP contribution in [-0.4, -0.2) is 265 Å². The fraction of sp³-hybridized carbons (Fsp3) is 0.835. The molecule has 0 aliphatic carbocycles. The molecule has 20 rings (SSSR count). The Kier molecular flexibility index (Phi) is 25.1. The van der Waals surface area contributed by atoms with Crippen molar-refractivity contribution in [1.82, 2.24) is 0 Å². The van der Waals surface area contributed by atoms with Crippen LogP contribution in [0, 0.1) is 23.7 Å². The van der Waals surface area contributed by atoms with Crippen LogP contribution in [0.25, 0.3) is 0 Å². The Morgan fingerprint density at radius 3 is 1.27 bits per heavy atom. The van der Waals surface area contributed by atoms with E-state index >= 15 is 0 Å². The van der Waals surface area contributed by atoms with E-state index in [1.807, 2.05) is 15.9 Å². The standard InChI is InChI=1S/C42H58F2O11.C40H58O12.C3H3BrF2/c1-6-42(43,44)34(46)18-32-35(47-5)27-16-23(45)15-25-8-10-29-36(50-25)40-39-38(52-29)37-33(53-39)19-41(54-37,55-40)12-11-26-14-21(3)28(48-26)9-7-24-13-20(2)22(4)30(49-24)17-31(27)51-32;1-19-11-24-5-7-28-20(2)12-26(45-28)9-10-40-17-33-36(51-40)37-38(50-33)39(52-40)35-29(49-37)8-6-25(47-35)13-22(42)14-27-31(16-30(46-24)21(19)3)48-32(34(27)44-4)15-23(43)18-41;1-2-3(4,5)6/h6,20,24-40,46H,1,3-4,7-19H2,2,5H3;19,23-39,41,43H,2-3,5-18H2,1,4H3;2H,1H2. The van der Waals surface area contributed by atoms with Gasteiger partial charge in [0.05, 0.1) is 135 Å². The molecule has 20 heterocycles. The average Bonchev–Trinajstić information content (AvgIpc) is 1.55. The fourth-order valence-electron chi connectivity index (χ4n) is 22.7. The van der Waals surface area contributed by atoms with E-state index in [4.69, 9.17) is 85.3 Å². The molecule has 2 spiro atoms. The maximum Gasteiger partial charge on any atom is 0.319 e. The number of ether oxygens (including phenoxy) is 18. The molecule has 23 nitrogen and oxygen atoms in total. The van der Waals surface area contributed by atoms with Gasteiger partial charge >= 0.3 is 4.83 Å². The first-order chi connectivity index (χ1) is 54.0. The molecule has 0 aromatic rings. The summed E-state index contributed by atoms with van der Waals surface area (Å²) in [4.78, 5) is 25.2. The normalized spacial score (nSPS) is 49.2. The minimum atomic E-state index is -3.51. The smallest absolute Gasteiger partial charge is 0.319 e. The van der Waals surface area contributed by atoms with Gasteiger partial charge in [-0.2, -0.15) is 17.6 Å². The third-order valence-corrected chi connectivity index (χ3v) is 28.8. The van der Waals surface area contributed by atoms with Crippen molar-refractivity contribution in [2.75, 3.05) is 20.8 Å². The summed E-state index contributed by atoms with van der Waals surface area (Å²) in [5.74, 6) is -5.39. The van der Waals surface area contributed by atoms with Crippen LogP contribution in [0.5, 0.6) is 0 Å². The van der Waals surface area contributed by atoms with Crippen LogP contribution in [0.4, 0.5) is 17.6 Å². The largest absolute Gasteiger partial charge is 0.394 e. The highest BCUT2D eigenvalue weighted by Crippen LogP contribution is 2.58. The first-order valence-corrected chi connectivity index (χ1v) is 42.9. The van der Waals surface area contributed by atoms with Gasteiger partial charge in [0.15, 0.2) is 11.6 Å². The molecule has 0 radical (unpaired) electrons. The molecule has 0 aromatic carbocycles. The maximum absolute atomic E-state index is 14.5. The Morgan fingerprint density at radius 2 is 0.850 bits per heavy atom. The van der Waals surface area contributed by atoms with Gasteiger partial charge in [-0.05, 0) is 152 Å². The number of ketones is 2. The van der Waals surface area contributed by atoms with Gasteiger partial charge < -0.3 is 101 Å². The van der Waals surface area contributed by atoms with E-state index in [9.17, 15) is 42.5 Å². The molecule has 0 aromatic heterocycles. The summed E-state index contributed by atoms with van der Waals surface area (Å²) in [6, 6.07) is 0. The Bertz CT molecular complexity index is 3480. The van der Waals surface area contributed by atoms with Crippen molar-refractivity contribution in [2.24, 2.45) is 23.7 Å². The zero-order valence-electron chi connectivity index (χ0n) is 65.7. The van der Waals surface area contributed by atoms with Crippen LogP contribution < -0.4 is 0 Å². The molecular weight excluding hydrogens is 1540 g/mol. The lowest BCUT2D eigenvalue weighted by molar-refractivity contribution is -0.292. The van der Waals surface area contributed by atoms with E-state index in [1.54, 1.807) is 7.11 Å². The van der Waals surface area contributed by atoms with Gasteiger partial charge in [-0.15, -0.1) is 0 Å². The molecule has 20 aliphatic rings. The molecular formula is C85H119BrF4O23. The van der Waals surface area contributed by atoms with Gasteiger partial charge in [0, 0.05) is 103 Å². The molecule has 38 atom stereocenters. The first-order valence-electron chi connectivity index (χ1n) is 42.1. The monoisotopic (exact) mass is 1660 g/mol. The van der Waals surface area contributed by atoms with Gasteiger partial charge in [-0.1, -0.05) is 53.3 Å². The number of carbonyl (C=O) groups excluding carboxylic acids is 2. The lowest BCUT2D eigenvalue weighted by Crippen LogP contribution is -2.61. The fourth-order valence-corrected chi connectivity index (χ4v) is 22.7. The Hall–Kier alpha value is -2.86. The maximum atomic E-state index is 14.5. The SMILES string of the molecule is C=C1CC2CCC34CC5OC6C(OC7CCC(CC(=O)CC8C(CC9OC(CCC1O2)CC(C)C9=C)OC(CC(O)CO)C8OC)OC7C6O3)C5O4.C=CC(F)(F)Br.C=CC(F)(F)C(O)CC1OC2CC3OC(CCC4OC(CCC56CC7OC8C(OC9CCC(CC(=O)CC2C1OC)OC9C8O5)C7O6)CC4=C)CC(C)C3=C. The quantitative estimate of drug-likeness (QED) is 0.104. The van der Waals surface area contributed by atoms with E-state index in [0.29, 0.717) is 69.9 Å². The van der Waals surface area contributed by atoms with E-state index in [1.165, 1.54) is 7.11 Å². The zero-order valence-corrected chi connectivity index (χ0v) is 67.3. The summed E-state index contributed by atoms with van der Waals surface area (Å²) in [5.41, 5.74) is 4.20. The topological polar surface area (TPSA) is 261 Å². The first kappa shape index (κ1) is 83.8. The molecule has 20 fully saturated rings. The average molecular weight is 1660 g/mol. The highest BCUT2D eigenvalue weighted by atomic mass is 79.9. The number of fused-ring (bicyclic) bond motifs is 12. The summed E-state index contributed by atoms with van der Waals surface area (Å²) in [6.45, 7) is 27.7. The Labute approximate surface area is 668 Å². The predicted octanol–water partition coefficient (Wildman–Crippen LogP) is 10.9. The summed E-state index contributed by atoms with van der Waals surface area (Å²) in [5, 5.41) is 30.6. The van der Waals surface area contributed by atoms with E-state index in [0.717, 1.165) is 92.9 Å². The molecule has 0 saturated carbocycles. The molecule has 24 bridgehead atoms. The van der Waals surface area contributed by atoms with Crippen molar-refractivity contribution < 1.29 is 128 Å². The second kappa shape index (κ2) is 33.9. The minimum Gasteiger partial charge on any atom is -0.394 e. The van der Waals surface area contributed by atoms with E-state index in [2.05, 4.69) is 53.3 Å².